The lowest BCUT2D eigenvalue weighted by Gasteiger charge is -2.29. The molecule has 1 fully saturated rings. The number of rotatable bonds is 10. The Morgan fingerprint density at radius 2 is 1.71 bits per heavy atom. The first-order valence-corrected chi connectivity index (χ1v) is 12.8. The molecule has 2 aromatic rings. The third-order valence-electron chi connectivity index (χ3n) is 6.37. The number of carbonyl (C=O) groups is 2. The molecule has 192 valence electrons. The van der Waals surface area contributed by atoms with E-state index in [0.717, 1.165) is 0 Å². The standard InChI is InChI=1S/C24H33N3O7S/c1-17-22(18(2)25(3)23(17)24(29)33-5)21(28)16-27(11-10-26-12-14-34-15-13-26)35(30,31)20-8-6-19(32-4)7-9-20/h6-9H,10-16H2,1-5H3. The molecule has 1 saturated heterocycles. The zero-order valence-electron chi connectivity index (χ0n) is 20.9. The number of Topliss-reactive ketones (excluding diaryl/α,β-unsaturated/α-hetero) is 1. The number of esters is 1. The van der Waals surface area contributed by atoms with Gasteiger partial charge in [-0.1, -0.05) is 0 Å². The van der Waals surface area contributed by atoms with Crippen LogP contribution in [-0.4, -0.2) is 94.1 Å². The normalized spacial score (nSPS) is 14.8. The molecule has 0 bridgehead atoms. The highest BCUT2D eigenvalue weighted by molar-refractivity contribution is 7.89. The molecule has 1 aliphatic rings. The van der Waals surface area contributed by atoms with Crippen molar-refractivity contribution in [3.8, 4) is 5.75 Å². The molecule has 2 heterocycles. The first kappa shape index (κ1) is 26.9. The Kier molecular flexibility index (Phi) is 8.70. The van der Waals surface area contributed by atoms with E-state index in [0.29, 0.717) is 55.4 Å². The summed E-state index contributed by atoms with van der Waals surface area (Å²) in [6.45, 7) is 6.20. The number of nitrogens with zero attached hydrogens (tertiary/aromatic N) is 3. The van der Waals surface area contributed by atoms with Crippen molar-refractivity contribution in [1.29, 1.82) is 0 Å². The van der Waals surface area contributed by atoms with E-state index in [-0.39, 0.29) is 29.5 Å². The average Bonchev–Trinajstić information content (AvgIpc) is 3.09. The van der Waals surface area contributed by atoms with E-state index in [1.165, 1.54) is 30.7 Å². The van der Waals surface area contributed by atoms with Crippen LogP contribution in [0.4, 0.5) is 0 Å². The maximum Gasteiger partial charge on any atom is 0.354 e. The van der Waals surface area contributed by atoms with Crippen LogP contribution in [0.25, 0.3) is 0 Å². The fourth-order valence-electron chi connectivity index (χ4n) is 4.27. The van der Waals surface area contributed by atoms with E-state index < -0.39 is 16.0 Å². The fourth-order valence-corrected chi connectivity index (χ4v) is 5.66. The topological polar surface area (TPSA) is 107 Å². The molecule has 3 rings (SSSR count). The number of morpholine rings is 1. The Morgan fingerprint density at radius 1 is 1.09 bits per heavy atom. The summed E-state index contributed by atoms with van der Waals surface area (Å²) in [7, 11) is 0.479. The average molecular weight is 508 g/mol. The van der Waals surface area contributed by atoms with Crippen LogP contribution in [0.15, 0.2) is 29.2 Å². The van der Waals surface area contributed by atoms with Gasteiger partial charge in [0, 0.05) is 44.5 Å². The van der Waals surface area contributed by atoms with Crippen molar-refractivity contribution in [3.05, 3.63) is 46.8 Å². The van der Waals surface area contributed by atoms with Crippen molar-refractivity contribution < 1.29 is 32.2 Å². The maximum absolute atomic E-state index is 13.6. The Hall–Kier alpha value is -2.73. The summed E-state index contributed by atoms with van der Waals surface area (Å²) >= 11 is 0. The van der Waals surface area contributed by atoms with Crippen molar-refractivity contribution >= 4 is 21.8 Å². The van der Waals surface area contributed by atoms with Crippen molar-refractivity contribution in [3.63, 3.8) is 0 Å². The molecular formula is C24H33N3O7S. The van der Waals surface area contributed by atoms with E-state index in [1.807, 2.05) is 0 Å². The second-order valence-electron chi connectivity index (χ2n) is 8.38. The summed E-state index contributed by atoms with van der Waals surface area (Å²) in [5.74, 6) is -0.405. The van der Waals surface area contributed by atoms with Gasteiger partial charge in [0.25, 0.3) is 0 Å². The highest BCUT2D eigenvalue weighted by Crippen LogP contribution is 2.25. The van der Waals surface area contributed by atoms with Crippen molar-refractivity contribution in [2.24, 2.45) is 7.05 Å². The number of methoxy groups -OCH3 is 2. The highest BCUT2D eigenvalue weighted by atomic mass is 32.2. The van der Waals surface area contributed by atoms with E-state index in [4.69, 9.17) is 14.2 Å². The van der Waals surface area contributed by atoms with Gasteiger partial charge in [-0.25, -0.2) is 13.2 Å². The summed E-state index contributed by atoms with van der Waals surface area (Å²) in [6.07, 6.45) is 0. The molecule has 1 aromatic carbocycles. The van der Waals surface area contributed by atoms with E-state index in [2.05, 4.69) is 4.90 Å². The molecule has 10 nitrogen and oxygen atoms in total. The second kappa shape index (κ2) is 11.3. The number of sulfonamides is 1. The van der Waals surface area contributed by atoms with Gasteiger partial charge in [-0.3, -0.25) is 9.69 Å². The van der Waals surface area contributed by atoms with E-state index in [1.54, 1.807) is 37.6 Å². The summed E-state index contributed by atoms with van der Waals surface area (Å²) < 4.78 is 45.3. The molecule has 1 aliphatic heterocycles. The minimum atomic E-state index is -3.98. The summed E-state index contributed by atoms with van der Waals surface area (Å²) in [5, 5.41) is 0. The predicted molar refractivity (Wildman–Crippen MR) is 130 cm³/mol. The molecule has 0 saturated carbocycles. The molecule has 0 aliphatic carbocycles. The molecule has 0 N–H and O–H groups in total. The Morgan fingerprint density at radius 3 is 2.29 bits per heavy atom. The van der Waals surface area contributed by atoms with Crippen LogP contribution in [-0.2, 0) is 26.5 Å². The summed E-state index contributed by atoms with van der Waals surface area (Å²) in [5.41, 5.74) is 1.64. The third kappa shape index (κ3) is 5.75. The molecule has 0 unspecified atom stereocenters. The molecule has 0 amide bonds. The van der Waals surface area contributed by atoms with Crippen molar-refractivity contribution in [2.75, 3.05) is 60.2 Å². The lowest BCUT2D eigenvalue weighted by molar-refractivity contribution is 0.0362. The molecule has 0 spiro atoms. The van der Waals surface area contributed by atoms with Crippen LogP contribution < -0.4 is 4.74 Å². The first-order valence-electron chi connectivity index (χ1n) is 11.3. The van der Waals surface area contributed by atoms with Gasteiger partial charge in [-0.2, -0.15) is 4.31 Å². The number of hydrogen-bond acceptors (Lipinski definition) is 8. The Balaban J connectivity index is 1.93. The first-order chi connectivity index (χ1) is 16.6. The van der Waals surface area contributed by atoms with Crippen molar-refractivity contribution in [1.82, 2.24) is 13.8 Å². The van der Waals surface area contributed by atoms with Crippen LogP contribution in [0.3, 0.4) is 0 Å². The number of hydrogen-bond donors (Lipinski definition) is 0. The number of ketones is 1. The molecule has 0 radical (unpaired) electrons. The number of carbonyl (C=O) groups excluding carboxylic acids is 2. The quantitative estimate of drug-likeness (QED) is 0.353. The zero-order chi connectivity index (χ0) is 25.8. The van der Waals surface area contributed by atoms with Gasteiger partial charge in [0.15, 0.2) is 5.78 Å². The van der Waals surface area contributed by atoms with Gasteiger partial charge in [0.05, 0.1) is 38.9 Å². The summed E-state index contributed by atoms with van der Waals surface area (Å²) in [4.78, 5) is 27.9. The van der Waals surface area contributed by atoms with Gasteiger partial charge in [0.2, 0.25) is 10.0 Å². The fraction of sp³-hybridized carbons (Fsp3) is 0.500. The van der Waals surface area contributed by atoms with Gasteiger partial charge >= 0.3 is 5.97 Å². The molecule has 11 heteroatoms. The Bertz CT molecular complexity index is 1170. The largest absolute Gasteiger partial charge is 0.497 e. The lowest BCUT2D eigenvalue weighted by Crippen LogP contribution is -2.44. The number of aromatic nitrogens is 1. The Labute approximate surface area is 206 Å². The molecular weight excluding hydrogens is 474 g/mol. The lowest BCUT2D eigenvalue weighted by atomic mass is 10.1. The van der Waals surface area contributed by atoms with Crippen molar-refractivity contribution in [2.45, 2.75) is 18.7 Å². The van der Waals surface area contributed by atoms with Crippen LogP contribution in [0.2, 0.25) is 0 Å². The van der Waals surface area contributed by atoms with Gasteiger partial charge in [0.1, 0.15) is 11.4 Å². The second-order valence-corrected chi connectivity index (χ2v) is 10.3. The number of ether oxygens (including phenoxy) is 3. The van der Waals surface area contributed by atoms with Crippen LogP contribution in [0.5, 0.6) is 5.75 Å². The zero-order valence-corrected chi connectivity index (χ0v) is 21.7. The van der Waals surface area contributed by atoms with Crippen LogP contribution in [0.1, 0.15) is 32.1 Å². The summed E-state index contributed by atoms with van der Waals surface area (Å²) in [6, 6.07) is 6.08. The molecule has 0 atom stereocenters. The van der Waals surface area contributed by atoms with Gasteiger partial charge in [-0.05, 0) is 43.7 Å². The van der Waals surface area contributed by atoms with E-state index >= 15 is 0 Å². The molecule has 35 heavy (non-hydrogen) atoms. The SMILES string of the molecule is COC(=O)c1c(C)c(C(=O)CN(CCN2CCOCC2)S(=O)(=O)c2ccc(OC)cc2)c(C)n1C. The smallest absolute Gasteiger partial charge is 0.354 e. The predicted octanol–water partition coefficient (Wildman–Crippen LogP) is 1.64. The third-order valence-corrected chi connectivity index (χ3v) is 8.23. The highest BCUT2D eigenvalue weighted by Gasteiger charge is 2.31. The van der Waals surface area contributed by atoms with Gasteiger partial charge < -0.3 is 18.8 Å². The monoisotopic (exact) mass is 507 g/mol. The van der Waals surface area contributed by atoms with Crippen LogP contribution in [0, 0.1) is 13.8 Å². The van der Waals surface area contributed by atoms with Gasteiger partial charge in [-0.15, -0.1) is 0 Å². The number of benzene rings is 1. The van der Waals surface area contributed by atoms with E-state index in [9.17, 15) is 18.0 Å². The molecule has 1 aromatic heterocycles. The minimum Gasteiger partial charge on any atom is -0.497 e. The maximum atomic E-state index is 13.6. The van der Waals surface area contributed by atoms with Crippen LogP contribution >= 0.6 is 0 Å². The minimum absolute atomic E-state index is 0.0739.